The number of benzene rings is 1. The normalized spacial score (nSPS) is 11.6. The Morgan fingerprint density at radius 1 is 1.35 bits per heavy atom. The zero-order chi connectivity index (χ0) is 14.9. The lowest BCUT2D eigenvalue weighted by Gasteiger charge is -2.20. The number of aliphatic hydroxyl groups is 1. The number of halogens is 1. The number of thiophene rings is 1. The zero-order valence-electron chi connectivity index (χ0n) is 11.0. The molecule has 1 heterocycles. The van der Waals surface area contributed by atoms with Gasteiger partial charge in [0.05, 0.1) is 17.2 Å². The molecule has 4 nitrogen and oxygen atoms in total. The smallest absolute Gasteiger partial charge is 0.265 e. The maximum atomic E-state index is 13.7. The van der Waals surface area contributed by atoms with Gasteiger partial charge in [0.15, 0.2) is 0 Å². The Balaban J connectivity index is 2.56. The highest BCUT2D eigenvalue weighted by Gasteiger charge is 2.28. The van der Waals surface area contributed by atoms with Crippen LogP contribution in [0.25, 0.3) is 0 Å². The van der Waals surface area contributed by atoms with E-state index in [2.05, 4.69) is 0 Å². The van der Waals surface area contributed by atoms with Crippen LogP contribution in [-0.2, 0) is 16.6 Å². The lowest BCUT2D eigenvalue weighted by atomic mass is 10.3. The average molecular weight is 315 g/mol. The molecule has 108 valence electrons. The number of nitrogens with zero attached hydrogens (tertiary/aromatic N) is 1. The number of sulfonamides is 1. The summed E-state index contributed by atoms with van der Waals surface area (Å²) in [6, 6.07) is 5.66. The second kappa shape index (κ2) is 5.51. The van der Waals surface area contributed by atoms with Gasteiger partial charge < -0.3 is 5.11 Å². The summed E-state index contributed by atoms with van der Waals surface area (Å²) in [6.07, 6.45) is 0. The Bertz CT molecular complexity index is 725. The summed E-state index contributed by atoms with van der Waals surface area (Å²) in [5, 5.41) is 10.9. The molecule has 0 amide bonds. The second-order valence-electron chi connectivity index (χ2n) is 4.25. The maximum absolute atomic E-state index is 13.7. The first kappa shape index (κ1) is 15.0. The second-order valence-corrected chi connectivity index (χ2v) is 7.12. The van der Waals surface area contributed by atoms with E-state index in [9.17, 15) is 17.9 Å². The minimum Gasteiger partial charge on any atom is -0.391 e. The van der Waals surface area contributed by atoms with Crippen LogP contribution in [0, 0.1) is 12.7 Å². The van der Waals surface area contributed by atoms with E-state index in [1.165, 1.54) is 36.6 Å². The Morgan fingerprint density at radius 3 is 2.60 bits per heavy atom. The first-order valence-electron chi connectivity index (χ1n) is 5.81. The van der Waals surface area contributed by atoms with Crippen molar-refractivity contribution in [1.82, 2.24) is 0 Å². The van der Waals surface area contributed by atoms with Crippen LogP contribution in [-0.4, -0.2) is 20.6 Å². The Kier molecular flexibility index (Phi) is 4.12. The van der Waals surface area contributed by atoms with Crippen molar-refractivity contribution in [3.8, 4) is 0 Å². The van der Waals surface area contributed by atoms with E-state index in [0.29, 0.717) is 10.4 Å². The van der Waals surface area contributed by atoms with Crippen molar-refractivity contribution in [2.75, 3.05) is 11.4 Å². The molecule has 0 aliphatic heterocycles. The molecule has 1 N–H and O–H groups in total. The summed E-state index contributed by atoms with van der Waals surface area (Å²) >= 11 is 1.17. The van der Waals surface area contributed by atoms with Crippen LogP contribution in [0.2, 0.25) is 0 Å². The van der Waals surface area contributed by atoms with Crippen LogP contribution < -0.4 is 4.31 Å². The molecule has 0 saturated heterocycles. The van der Waals surface area contributed by atoms with Gasteiger partial charge >= 0.3 is 0 Å². The van der Waals surface area contributed by atoms with Gasteiger partial charge in [0.1, 0.15) is 10.7 Å². The zero-order valence-corrected chi connectivity index (χ0v) is 12.6. The van der Waals surface area contributed by atoms with Gasteiger partial charge in [-0.05, 0) is 30.0 Å². The Labute approximate surface area is 121 Å². The largest absolute Gasteiger partial charge is 0.391 e. The molecule has 0 aliphatic rings. The topological polar surface area (TPSA) is 57.6 Å². The van der Waals surface area contributed by atoms with E-state index < -0.39 is 15.8 Å². The monoisotopic (exact) mass is 315 g/mol. The van der Waals surface area contributed by atoms with Crippen LogP contribution in [0.3, 0.4) is 0 Å². The van der Waals surface area contributed by atoms with E-state index in [4.69, 9.17) is 0 Å². The van der Waals surface area contributed by atoms with Crippen LogP contribution in [0.1, 0.15) is 10.4 Å². The van der Waals surface area contributed by atoms with Crippen molar-refractivity contribution in [3.05, 3.63) is 45.9 Å². The molecule has 0 saturated carbocycles. The van der Waals surface area contributed by atoms with Crippen molar-refractivity contribution in [1.29, 1.82) is 0 Å². The molecule has 1 aromatic heterocycles. The molecule has 1 aromatic carbocycles. The number of para-hydroxylation sites is 1. The molecule has 0 fully saturated rings. The molecule has 0 unspecified atom stereocenters. The van der Waals surface area contributed by atoms with Gasteiger partial charge in [0, 0.05) is 7.05 Å². The molecule has 0 bridgehead atoms. The highest BCUT2D eigenvalue weighted by molar-refractivity contribution is 7.93. The van der Waals surface area contributed by atoms with Crippen molar-refractivity contribution in [3.63, 3.8) is 0 Å². The minimum absolute atomic E-state index is 0.0259. The third-order valence-electron chi connectivity index (χ3n) is 2.94. The molecular weight excluding hydrogens is 301 g/mol. The maximum Gasteiger partial charge on any atom is 0.265 e. The van der Waals surface area contributed by atoms with Crippen LogP contribution in [0.15, 0.2) is 34.5 Å². The highest BCUT2D eigenvalue weighted by atomic mass is 32.2. The van der Waals surface area contributed by atoms with Crippen molar-refractivity contribution in [2.45, 2.75) is 18.4 Å². The van der Waals surface area contributed by atoms with E-state index in [-0.39, 0.29) is 17.2 Å². The van der Waals surface area contributed by atoms with E-state index in [1.54, 1.807) is 18.4 Å². The first-order valence-corrected chi connectivity index (χ1v) is 8.13. The summed E-state index contributed by atoms with van der Waals surface area (Å²) in [7, 11) is -2.60. The van der Waals surface area contributed by atoms with Crippen LogP contribution in [0.4, 0.5) is 10.1 Å². The summed E-state index contributed by atoms with van der Waals surface area (Å²) in [5.41, 5.74) is 0.518. The van der Waals surface area contributed by atoms with Gasteiger partial charge in [-0.25, -0.2) is 12.8 Å². The molecule has 0 aliphatic carbocycles. The van der Waals surface area contributed by atoms with E-state index in [1.807, 2.05) is 0 Å². The molecule has 0 spiro atoms. The molecular formula is C13H14FNO3S2. The lowest BCUT2D eigenvalue weighted by Crippen LogP contribution is -2.28. The van der Waals surface area contributed by atoms with Gasteiger partial charge in [-0.15, -0.1) is 11.3 Å². The van der Waals surface area contributed by atoms with Gasteiger partial charge in [-0.3, -0.25) is 4.31 Å². The van der Waals surface area contributed by atoms with E-state index in [0.717, 1.165) is 4.31 Å². The fourth-order valence-corrected chi connectivity index (χ4v) is 4.73. The first-order chi connectivity index (χ1) is 9.39. The predicted molar refractivity (Wildman–Crippen MR) is 77.0 cm³/mol. The highest BCUT2D eigenvalue weighted by Crippen LogP contribution is 2.32. The molecule has 20 heavy (non-hydrogen) atoms. The van der Waals surface area contributed by atoms with Gasteiger partial charge in [0.25, 0.3) is 10.0 Å². The molecule has 7 heteroatoms. The summed E-state index contributed by atoms with van der Waals surface area (Å²) in [5.74, 6) is -0.614. The minimum atomic E-state index is -3.90. The SMILES string of the molecule is Cc1csc(CO)c1S(=O)(=O)N(C)c1ccccc1F. The number of aryl methyl sites for hydroxylation is 1. The number of rotatable bonds is 4. The molecule has 0 atom stereocenters. The fraction of sp³-hybridized carbons (Fsp3) is 0.231. The lowest BCUT2D eigenvalue weighted by molar-refractivity contribution is 0.282. The predicted octanol–water partition coefficient (Wildman–Crippen LogP) is 2.51. The van der Waals surface area contributed by atoms with Crippen LogP contribution in [0.5, 0.6) is 0 Å². The summed E-state index contributed by atoms with van der Waals surface area (Å²) in [4.78, 5) is 0.404. The van der Waals surface area contributed by atoms with Gasteiger partial charge in [-0.1, -0.05) is 12.1 Å². The number of aliphatic hydroxyl groups excluding tert-OH is 1. The number of hydrogen-bond acceptors (Lipinski definition) is 4. The van der Waals surface area contributed by atoms with Crippen molar-refractivity contribution < 1.29 is 17.9 Å². The van der Waals surface area contributed by atoms with Crippen molar-refractivity contribution in [2.24, 2.45) is 0 Å². The van der Waals surface area contributed by atoms with Gasteiger partial charge in [-0.2, -0.15) is 0 Å². The third kappa shape index (κ3) is 2.44. The number of hydrogen-bond donors (Lipinski definition) is 1. The molecule has 2 rings (SSSR count). The molecule has 0 radical (unpaired) electrons. The number of anilines is 1. The summed E-state index contributed by atoms with van der Waals surface area (Å²) in [6.45, 7) is 1.29. The van der Waals surface area contributed by atoms with Gasteiger partial charge in [0.2, 0.25) is 0 Å². The van der Waals surface area contributed by atoms with E-state index >= 15 is 0 Å². The third-order valence-corrected chi connectivity index (χ3v) is 6.16. The average Bonchev–Trinajstić information content (AvgIpc) is 2.80. The van der Waals surface area contributed by atoms with Crippen molar-refractivity contribution >= 4 is 27.0 Å². The Morgan fingerprint density at radius 2 is 2.00 bits per heavy atom. The Hall–Kier alpha value is -1.44. The molecule has 2 aromatic rings. The van der Waals surface area contributed by atoms with Crippen LogP contribution >= 0.6 is 11.3 Å². The summed E-state index contributed by atoms with van der Waals surface area (Å²) < 4.78 is 39.8. The fourth-order valence-electron chi connectivity index (χ4n) is 1.92. The quantitative estimate of drug-likeness (QED) is 0.943. The standard InChI is InChI=1S/C13H14FNO3S2/c1-9-8-19-12(7-16)13(9)20(17,18)15(2)11-6-4-3-5-10(11)14/h3-6,8,16H,7H2,1-2H3.